The van der Waals surface area contributed by atoms with Crippen LogP contribution in [0.1, 0.15) is 20.8 Å². The third-order valence-corrected chi connectivity index (χ3v) is 3.51. The molecule has 0 radical (unpaired) electrons. The number of rotatable bonds is 3. The molecule has 0 atom stereocenters. The van der Waals surface area contributed by atoms with Crippen molar-refractivity contribution in [2.75, 3.05) is 0 Å². The average molecular weight is 295 g/mol. The summed E-state index contributed by atoms with van der Waals surface area (Å²) in [6, 6.07) is 6.87. The Bertz CT molecular complexity index is 624. The molecule has 0 saturated heterocycles. The molecule has 1 amide bonds. The first-order valence-corrected chi connectivity index (χ1v) is 6.69. The van der Waals surface area contributed by atoms with Crippen LogP contribution in [0.5, 0.6) is 5.75 Å². The zero-order valence-corrected chi connectivity index (χ0v) is 11.6. The van der Waals surface area contributed by atoms with E-state index in [9.17, 15) is 9.90 Å². The smallest absolute Gasteiger partial charge is 0.281 e. The third kappa shape index (κ3) is 3.33. The number of hydrogen-bond acceptors (Lipinski definition) is 4. The molecule has 2 aromatic rings. The maximum Gasteiger partial charge on any atom is 0.281 e. The van der Waals surface area contributed by atoms with Gasteiger partial charge in [0.15, 0.2) is 0 Å². The van der Waals surface area contributed by atoms with Crippen LogP contribution in [0.4, 0.5) is 0 Å². The zero-order valence-electron chi connectivity index (χ0n) is 10.1. The van der Waals surface area contributed by atoms with Gasteiger partial charge in [0.05, 0.1) is 16.1 Å². The van der Waals surface area contributed by atoms with Crippen LogP contribution in [0, 0.1) is 6.92 Å². The summed E-state index contributed by atoms with van der Waals surface area (Å²) in [7, 11) is 0. The largest absolute Gasteiger partial charge is 0.506 e. The lowest BCUT2D eigenvalue weighted by Gasteiger charge is -2.03. The van der Waals surface area contributed by atoms with Crippen molar-refractivity contribution in [2.45, 2.75) is 6.92 Å². The first-order valence-electron chi connectivity index (χ1n) is 5.44. The molecule has 0 aliphatic carbocycles. The van der Waals surface area contributed by atoms with Crippen LogP contribution < -0.4 is 5.43 Å². The number of hydrogen-bond donors (Lipinski definition) is 2. The summed E-state index contributed by atoms with van der Waals surface area (Å²) in [6.07, 6.45) is 1.36. The molecule has 2 N–H and O–H groups in total. The van der Waals surface area contributed by atoms with E-state index >= 15 is 0 Å². The van der Waals surface area contributed by atoms with Gasteiger partial charge in [-0.25, -0.2) is 5.43 Å². The number of amides is 1. The van der Waals surface area contributed by atoms with Crippen LogP contribution in [0.15, 0.2) is 34.7 Å². The number of hydrazone groups is 1. The maximum absolute atomic E-state index is 11.6. The first-order chi connectivity index (χ1) is 9.08. The minimum absolute atomic E-state index is 0.0543. The Morgan fingerprint density at radius 3 is 3.00 bits per heavy atom. The van der Waals surface area contributed by atoms with E-state index < -0.39 is 0 Å². The lowest BCUT2D eigenvalue weighted by atomic mass is 10.1. The second-order valence-electron chi connectivity index (χ2n) is 3.86. The molecule has 4 nitrogen and oxygen atoms in total. The fourth-order valence-electron chi connectivity index (χ4n) is 1.48. The van der Waals surface area contributed by atoms with Crippen molar-refractivity contribution in [1.29, 1.82) is 0 Å². The van der Waals surface area contributed by atoms with E-state index in [2.05, 4.69) is 10.5 Å². The summed E-state index contributed by atoms with van der Waals surface area (Å²) >= 11 is 7.17. The van der Waals surface area contributed by atoms with Gasteiger partial charge in [0.1, 0.15) is 5.75 Å². The highest BCUT2D eigenvalue weighted by Crippen LogP contribution is 2.27. The van der Waals surface area contributed by atoms with Crippen molar-refractivity contribution >= 4 is 35.1 Å². The highest BCUT2D eigenvalue weighted by molar-refractivity contribution is 7.12. The van der Waals surface area contributed by atoms with Crippen LogP contribution in [-0.4, -0.2) is 17.2 Å². The minimum atomic E-state index is -0.288. The second-order valence-corrected chi connectivity index (χ2v) is 5.22. The molecule has 1 aromatic carbocycles. The number of aryl methyl sites for hydroxylation is 1. The van der Waals surface area contributed by atoms with E-state index in [0.717, 1.165) is 5.56 Å². The predicted octanol–water partition coefficient (Wildman–Crippen LogP) is 3.18. The van der Waals surface area contributed by atoms with Crippen LogP contribution in [0.3, 0.4) is 0 Å². The SMILES string of the molecule is Cc1cc(Cl)c(O)c(/C=N\NC(=O)c2cccs2)c1. The Morgan fingerprint density at radius 2 is 2.32 bits per heavy atom. The summed E-state index contributed by atoms with van der Waals surface area (Å²) < 4.78 is 0. The fraction of sp³-hybridized carbons (Fsp3) is 0.0769. The number of thiophene rings is 1. The Kier molecular flexibility index (Phi) is 4.19. The number of nitrogens with one attached hydrogen (secondary N) is 1. The van der Waals surface area contributed by atoms with E-state index in [1.165, 1.54) is 17.6 Å². The number of benzene rings is 1. The minimum Gasteiger partial charge on any atom is -0.506 e. The van der Waals surface area contributed by atoms with Gasteiger partial charge in [-0.05, 0) is 36.1 Å². The molecule has 0 unspecified atom stereocenters. The molecule has 1 aromatic heterocycles. The van der Waals surface area contributed by atoms with Crippen LogP contribution in [-0.2, 0) is 0 Å². The monoisotopic (exact) mass is 294 g/mol. The Labute approximate surface area is 119 Å². The molecule has 98 valence electrons. The highest BCUT2D eigenvalue weighted by atomic mass is 35.5. The van der Waals surface area contributed by atoms with Crippen molar-refractivity contribution in [3.63, 3.8) is 0 Å². The van der Waals surface area contributed by atoms with Gasteiger partial charge >= 0.3 is 0 Å². The summed E-state index contributed by atoms with van der Waals surface area (Å²) in [5.74, 6) is -0.342. The lowest BCUT2D eigenvalue weighted by molar-refractivity contribution is 0.0959. The molecule has 0 aliphatic rings. The number of aromatic hydroxyl groups is 1. The quantitative estimate of drug-likeness (QED) is 0.674. The standard InChI is InChI=1S/C13H11ClN2O2S/c1-8-5-9(12(17)10(14)6-8)7-15-16-13(18)11-3-2-4-19-11/h2-7,17H,1H3,(H,16,18)/b15-7-. The number of nitrogens with zero attached hydrogens (tertiary/aromatic N) is 1. The zero-order chi connectivity index (χ0) is 13.8. The molecule has 2 rings (SSSR count). The van der Waals surface area contributed by atoms with Crippen LogP contribution in [0.2, 0.25) is 5.02 Å². The predicted molar refractivity (Wildman–Crippen MR) is 77.2 cm³/mol. The van der Waals surface area contributed by atoms with Crippen molar-refractivity contribution in [3.8, 4) is 5.75 Å². The molecule has 19 heavy (non-hydrogen) atoms. The fourth-order valence-corrected chi connectivity index (χ4v) is 2.38. The topological polar surface area (TPSA) is 61.7 Å². The molecular formula is C13H11ClN2O2S. The normalized spacial score (nSPS) is 10.8. The van der Waals surface area contributed by atoms with Gasteiger partial charge in [-0.15, -0.1) is 11.3 Å². The number of carbonyl (C=O) groups excluding carboxylic acids is 1. The van der Waals surface area contributed by atoms with Gasteiger partial charge < -0.3 is 5.11 Å². The van der Waals surface area contributed by atoms with Gasteiger partial charge in [0.25, 0.3) is 5.91 Å². The van der Waals surface area contributed by atoms with Gasteiger partial charge in [0.2, 0.25) is 0 Å². The molecule has 6 heteroatoms. The van der Waals surface area contributed by atoms with E-state index in [4.69, 9.17) is 11.6 Å². The lowest BCUT2D eigenvalue weighted by Crippen LogP contribution is -2.16. The number of phenols is 1. The van der Waals surface area contributed by atoms with Crippen LogP contribution in [0.25, 0.3) is 0 Å². The Balaban J connectivity index is 2.09. The number of halogens is 1. The van der Waals surface area contributed by atoms with Crippen molar-refractivity contribution < 1.29 is 9.90 Å². The third-order valence-electron chi connectivity index (χ3n) is 2.35. The van der Waals surface area contributed by atoms with Gasteiger partial charge in [0, 0.05) is 5.56 Å². The Hall–Kier alpha value is -1.85. The van der Waals surface area contributed by atoms with Gasteiger partial charge in [-0.3, -0.25) is 4.79 Å². The molecule has 1 heterocycles. The molecule has 0 bridgehead atoms. The molecule has 0 aliphatic heterocycles. The van der Waals surface area contributed by atoms with E-state index in [1.807, 2.05) is 12.3 Å². The van der Waals surface area contributed by atoms with Gasteiger partial charge in [-0.1, -0.05) is 17.7 Å². The Morgan fingerprint density at radius 1 is 1.53 bits per heavy atom. The van der Waals surface area contributed by atoms with Crippen molar-refractivity contribution in [1.82, 2.24) is 5.43 Å². The molecule has 0 fully saturated rings. The van der Waals surface area contributed by atoms with E-state index in [1.54, 1.807) is 24.3 Å². The second kappa shape index (κ2) is 5.86. The number of phenolic OH excluding ortho intramolecular Hbond substituents is 1. The summed E-state index contributed by atoms with van der Waals surface area (Å²) in [5.41, 5.74) is 3.74. The number of carbonyl (C=O) groups is 1. The summed E-state index contributed by atoms with van der Waals surface area (Å²) in [5, 5.41) is 15.6. The van der Waals surface area contributed by atoms with Crippen molar-refractivity contribution in [2.24, 2.45) is 5.10 Å². The molecule has 0 spiro atoms. The van der Waals surface area contributed by atoms with Crippen LogP contribution >= 0.6 is 22.9 Å². The first kappa shape index (κ1) is 13.6. The van der Waals surface area contributed by atoms with E-state index in [-0.39, 0.29) is 16.7 Å². The van der Waals surface area contributed by atoms with Crippen molar-refractivity contribution in [3.05, 3.63) is 50.7 Å². The summed E-state index contributed by atoms with van der Waals surface area (Å²) in [4.78, 5) is 12.2. The van der Waals surface area contributed by atoms with E-state index in [0.29, 0.717) is 10.4 Å². The van der Waals surface area contributed by atoms with Gasteiger partial charge in [-0.2, -0.15) is 5.10 Å². The molecule has 0 saturated carbocycles. The maximum atomic E-state index is 11.6. The molecular weight excluding hydrogens is 284 g/mol. The average Bonchev–Trinajstić information content (AvgIpc) is 2.88. The summed E-state index contributed by atoms with van der Waals surface area (Å²) in [6.45, 7) is 1.85. The highest BCUT2D eigenvalue weighted by Gasteiger charge is 2.06.